The van der Waals surface area contributed by atoms with E-state index in [1.165, 1.54) is 143 Å². The predicted molar refractivity (Wildman–Crippen MR) is 283 cm³/mol. The Bertz CT molecular complexity index is 3990. The molecular weight excluding hydrogens is 793 g/mol. The van der Waals surface area contributed by atoms with E-state index in [-0.39, 0.29) is 0 Å². The molecule has 0 heteroatoms. The quantitative estimate of drug-likeness (QED) is 0.146. The third-order valence-corrected chi connectivity index (χ3v) is 14.7. The summed E-state index contributed by atoms with van der Waals surface area (Å²) in [6.45, 7) is 0. The Hall–Kier alpha value is -8.32. The Kier molecular flexibility index (Phi) is 8.21. The molecular formula is C66H42. The van der Waals surface area contributed by atoms with Gasteiger partial charge in [-0.3, -0.25) is 0 Å². The molecule has 12 aromatic rings. The fourth-order valence-corrected chi connectivity index (χ4v) is 11.4. The minimum absolute atomic E-state index is 1.02. The number of rotatable bonds is 6. The first-order valence-electron chi connectivity index (χ1n) is 23.2. The molecule has 0 aliphatic heterocycles. The van der Waals surface area contributed by atoms with Gasteiger partial charge in [0.15, 0.2) is 0 Å². The molecule has 0 saturated carbocycles. The normalized spacial score (nSPS) is 13.1. The highest BCUT2D eigenvalue weighted by Gasteiger charge is 2.21. The molecule has 0 nitrogen and oxygen atoms in total. The number of fused-ring (bicyclic) bond motifs is 1. The van der Waals surface area contributed by atoms with Crippen molar-refractivity contribution in [2.24, 2.45) is 0 Å². The molecule has 14 rings (SSSR count). The van der Waals surface area contributed by atoms with Gasteiger partial charge < -0.3 is 0 Å². The highest BCUT2D eigenvalue weighted by Crippen LogP contribution is 2.45. The second-order valence-electron chi connectivity index (χ2n) is 18.3. The van der Waals surface area contributed by atoms with E-state index in [1.807, 2.05) is 0 Å². The zero-order valence-corrected chi connectivity index (χ0v) is 36.4. The molecule has 0 bridgehead atoms. The van der Waals surface area contributed by atoms with Crippen LogP contribution in [0.2, 0.25) is 0 Å². The van der Waals surface area contributed by atoms with Crippen LogP contribution < -0.4 is 0 Å². The standard InChI is InChI=1S/C66H42/c1-2-6-53-39-55(26-19-41(53)5-1)54-9-4-10-56(40-54)59-35-29-52-31-37-61-58(34-28-51-32-38-62(59)66(52)65(51)61)47-22-17-45(18-23-47)43-13-11-42(12-14-43)44-15-20-46(21-16-44)57-33-27-50-25-24-48-7-3-8-49-30-36-60(57)64(50)63(48)49/h1-6,8-24,26-40H,7,25H2. The van der Waals surface area contributed by atoms with Gasteiger partial charge in [0.25, 0.3) is 0 Å². The molecule has 0 atom stereocenters. The highest BCUT2D eigenvalue weighted by atomic mass is 14.3. The molecule has 2 aliphatic carbocycles. The first-order chi connectivity index (χ1) is 32.7. The Balaban J connectivity index is 0.752. The molecule has 12 aromatic carbocycles. The predicted octanol–water partition coefficient (Wildman–Crippen LogP) is 18.2. The van der Waals surface area contributed by atoms with Crippen LogP contribution in [0.1, 0.15) is 23.1 Å². The molecule has 0 unspecified atom stereocenters. The summed E-state index contributed by atoms with van der Waals surface area (Å²) < 4.78 is 0. The lowest BCUT2D eigenvalue weighted by molar-refractivity contribution is 1.23. The van der Waals surface area contributed by atoms with E-state index in [0.717, 1.165) is 12.8 Å². The van der Waals surface area contributed by atoms with Crippen LogP contribution in [-0.2, 0) is 6.42 Å². The summed E-state index contributed by atoms with van der Waals surface area (Å²) >= 11 is 0. The first-order valence-corrected chi connectivity index (χ1v) is 23.2. The summed E-state index contributed by atoms with van der Waals surface area (Å²) in [6.07, 6.45) is 9.07. The minimum Gasteiger partial charge on any atom is -0.0795 e. The van der Waals surface area contributed by atoms with Gasteiger partial charge in [-0.25, -0.2) is 0 Å². The van der Waals surface area contributed by atoms with E-state index in [9.17, 15) is 0 Å². The molecule has 0 amide bonds. The van der Waals surface area contributed by atoms with Crippen molar-refractivity contribution in [3.63, 3.8) is 0 Å². The Morgan fingerprint density at radius 2 is 0.773 bits per heavy atom. The second-order valence-corrected chi connectivity index (χ2v) is 18.3. The Labute approximate surface area is 384 Å². The van der Waals surface area contributed by atoms with Crippen molar-refractivity contribution >= 4 is 65.5 Å². The molecule has 2 aliphatic rings. The van der Waals surface area contributed by atoms with Crippen LogP contribution in [0.25, 0.3) is 132 Å². The summed E-state index contributed by atoms with van der Waals surface area (Å²) in [4.78, 5) is 0. The minimum atomic E-state index is 1.02. The molecule has 0 spiro atoms. The average Bonchev–Trinajstić information content (AvgIpc) is 3.39. The van der Waals surface area contributed by atoms with Crippen LogP contribution in [0.15, 0.2) is 224 Å². The van der Waals surface area contributed by atoms with Gasteiger partial charge in [0, 0.05) is 0 Å². The Morgan fingerprint density at radius 3 is 1.42 bits per heavy atom. The molecule has 0 aromatic heterocycles. The summed E-state index contributed by atoms with van der Waals surface area (Å²) in [5.41, 5.74) is 20.6. The number of hydrogen-bond donors (Lipinski definition) is 0. The van der Waals surface area contributed by atoms with Crippen molar-refractivity contribution in [3.8, 4) is 66.8 Å². The van der Waals surface area contributed by atoms with Crippen molar-refractivity contribution in [1.82, 2.24) is 0 Å². The van der Waals surface area contributed by atoms with Crippen LogP contribution in [0, 0.1) is 0 Å². The average molecular weight is 835 g/mol. The van der Waals surface area contributed by atoms with Crippen molar-refractivity contribution < 1.29 is 0 Å². The van der Waals surface area contributed by atoms with E-state index in [4.69, 9.17) is 0 Å². The van der Waals surface area contributed by atoms with Gasteiger partial charge in [-0.2, -0.15) is 0 Å². The maximum atomic E-state index is 2.43. The molecule has 0 fully saturated rings. The van der Waals surface area contributed by atoms with Gasteiger partial charge in [-0.1, -0.05) is 218 Å². The van der Waals surface area contributed by atoms with Gasteiger partial charge in [-0.15, -0.1) is 0 Å². The van der Waals surface area contributed by atoms with Gasteiger partial charge in [0.05, 0.1) is 0 Å². The number of hydrogen-bond acceptors (Lipinski definition) is 0. The first kappa shape index (κ1) is 37.1. The fourth-order valence-electron chi connectivity index (χ4n) is 11.4. The van der Waals surface area contributed by atoms with Crippen LogP contribution >= 0.6 is 0 Å². The SMILES string of the molecule is C1=Cc2ccc3c(-c4ccc(-c5ccc(-c6ccc(-c7ccc8ccc9c(-c%10cccc(-c%11ccc%12ccccc%12c%11)c%10)ccc%10ccc7c8c%109)cc6)cc5)cc4)ccc4c3c2C(=CC4)C1. The van der Waals surface area contributed by atoms with E-state index in [0.29, 0.717) is 0 Å². The van der Waals surface area contributed by atoms with Gasteiger partial charge in [0.2, 0.25) is 0 Å². The maximum absolute atomic E-state index is 2.43. The van der Waals surface area contributed by atoms with E-state index < -0.39 is 0 Å². The molecule has 66 heavy (non-hydrogen) atoms. The monoisotopic (exact) mass is 834 g/mol. The summed E-state index contributed by atoms with van der Waals surface area (Å²) in [5, 5.41) is 13.1. The molecule has 306 valence electrons. The van der Waals surface area contributed by atoms with Crippen molar-refractivity contribution in [2.75, 3.05) is 0 Å². The molecule has 0 heterocycles. The summed E-state index contributed by atoms with van der Waals surface area (Å²) in [6, 6.07) is 79.5. The molecule has 0 radical (unpaired) electrons. The lowest BCUT2D eigenvalue weighted by atomic mass is 9.80. The lowest BCUT2D eigenvalue weighted by Gasteiger charge is -2.24. The number of benzene rings is 12. The Morgan fingerprint density at radius 1 is 0.288 bits per heavy atom. The number of allylic oxidation sites excluding steroid dienone is 3. The van der Waals surface area contributed by atoms with Gasteiger partial charge in [0.1, 0.15) is 0 Å². The topological polar surface area (TPSA) is 0 Å². The van der Waals surface area contributed by atoms with Crippen LogP contribution in [0.4, 0.5) is 0 Å². The van der Waals surface area contributed by atoms with Crippen LogP contribution in [0.3, 0.4) is 0 Å². The van der Waals surface area contributed by atoms with Crippen molar-refractivity contribution in [1.29, 1.82) is 0 Å². The largest absolute Gasteiger partial charge is 0.0795 e. The van der Waals surface area contributed by atoms with Gasteiger partial charge in [-0.05, 0) is 168 Å². The van der Waals surface area contributed by atoms with Gasteiger partial charge >= 0.3 is 0 Å². The third-order valence-electron chi connectivity index (χ3n) is 14.7. The van der Waals surface area contributed by atoms with Crippen molar-refractivity contribution in [3.05, 3.63) is 241 Å². The van der Waals surface area contributed by atoms with Crippen LogP contribution in [0.5, 0.6) is 0 Å². The zero-order chi connectivity index (χ0) is 43.3. The summed E-state index contributed by atoms with van der Waals surface area (Å²) in [7, 11) is 0. The van der Waals surface area contributed by atoms with Crippen molar-refractivity contribution in [2.45, 2.75) is 12.8 Å². The second kappa shape index (κ2) is 14.6. The third kappa shape index (κ3) is 5.85. The highest BCUT2D eigenvalue weighted by molar-refractivity contribution is 6.27. The summed E-state index contributed by atoms with van der Waals surface area (Å²) in [5.74, 6) is 0. The van der Waals surface area contributed by atoms with E-state index in [1.54, 1.807) is 0 Å². The molecule has 0 N–H and O–H groups in total. The van der Waals surface area contributed by atoms with E-state index in [2.05, 4.69) is 231 Å². The zero-order valence-electron chi connectivity index (χ0n) is 36.4. The lowest BCUT2D eigenvalue weighted by Crippen LogP contribution is -2.03. The smallest absolute Gasteiger partial charge is 0.00203 e. The van der Waals surface area contributed by atoms with E-state index >= 15 is 0 Å². The molecule has 0 saturated heterocycles. The maximum Gasteiger partial charge on any atom is -0.00203 e. The van der Waals surface area contributed by atoms with Crippen LogP contribution in [-0.4, -0.2) is 0 Å². The fraction of sp³-hybridized carbons (Fsp3) is 0.0303.